The number of benzene rings is 3. The lowest BCUT2D eigenvalue weighted by Gasteiger charge is -2.38. The Morgan fingerprint density at radius 1 is 0.800 bits per heavy atom. The predicted molar refractivity (Wildman–Crippen MR) is 126 cm³/mol. The van der Waals surface area contributed by atoms with Crippen molar-refractivity contribution in [3.8, 4) is 0 Å². The van der Waals surface area contributed by atoms with E-state index in [9.17, 15) is 30.7 Å². The number of hydrogen-bond acceptors (Lipinski definition) is 2. The fourth-order valence-corrected chi connectivity index (χ4v) is 4.18. The van der Waals surface area contributed by atoms with Gasteiger partial charge in [0.05, 0.1) is 5.54 Å². The summed E-state index contributed by atoms with van der Waals surface area (Å²) >= 11 is 0.856. The molecule has 188 valence electrons. The molecule has 0 amide bonds. The van der Waals surface area contributed by atoms with E-state index < -0.39 is 45.5 Å². The van der Waals surface area contributed by atoms with Gasteiger partial charge in [0.15, 0.2) is 6.10 Å². The maximum atomic E-state index is 14.6. The molecular weight excluding hydrogens is 590 g/mol. The maximum Gasteiger partial charge on any atom is 0.415 e. The summed E-state index contributed by atoms with van der Waals surface area (Å²) in [6.07, 6.45) is -7.02. The van der Waals surface area contributed by atoms with Crippen molar-refractivity contribution in [3.63, 3.8) is 0 Å². The van der Waals surface area contributed by atoms with Crippen molar-refractivity contribution in [3.05, 3.63) is 107 Å². The molecule has 35 heavy (non-hydrogen) atoms. The smallest absolute Gasteiger partial charge is 0.371 e. The topological polar surface area (TPSA) is 21.3 Å². The van der Waals surface area contributed by atoms with Crippen LogP contribution in [0.25, 0.3) is 0 Å². The molecule has 3 aromatic carbocycles. The van der Waals surface area contributed by atoms with Gasteiger partial charge in [-0.1, -0.05) is 42.5 Å². The molecule has 1 unspecified atom stereocenters. The second-order valence-electron chi connectivity index (χ2n) is 7.95. The Morgan fingerprint density at radius 3 is 1.94 bits per heavy atom. The highest BCUT2D eigenvalue weighted by atomic mass is 127. The molecule has 1 N–H and O–H groups in total. The molecule has 0 aromatic heterocycles. The highest BCUT2D eigenvalue weighted by Gasteiger charge is 2.43. The fourth-order valence-electron chi connectivity index (χ4n) is 3.87. The zero-order valence-corrected chi connectivity index (χ0v) is 20.5. The standard InChI is InChI=1S/C25H21F7INO/c1-35-22(24(28,29)30)15-34-23(14-16-5-3-2-4-6-16,17-7-9-20(26)10-8-17)18-11-19(25(31,32)33)13-21(27)12-18/h2-13,22,34H,14-15H2,1H3/t22-,23?/m1/s1. The van der Waals surface area contributed by atoms with Gasteiger partial charge in [-0.3, -0.25) is 0 Å². The van der Waals surface area contributed by atoms with Crippen LogP contribution in [0, 0.1) is 11.6 Å². The van der Waals surface area contributed by atoms with Gasteiger partial charge < -0.3 is 10.1 Å². The third-order valence-electron chi connectivity index (χ3n) is 5.61. The van der Waals surface area contributed by atoms with E-state index in [0.717, 1.165) is 54.0 Å². The molecule has 2 atom stereocenters. The lowest BCUT2D eigenvalue weighted by molar-refractivity contribution is -0.211. The van der Waals surface area contributed by atoms with Gasteiger partial charge in [-0.05, 0) is 53.4 Å². The van der Waals surface area contributed by atoms with Crippen LogP contribution in [0.3, 0.4) is 0 Å². The summed E-state index contributed by atoms with van der Waals surface area (Å²) < 4.78 is 98.4. The van der Waals surface area contributed by atoms with Crippen molar-refractivity contribution in [2.45, 2.75) is 28.2 Å². The number of ether oxygens (including phenoxy) is 1. The van der Waals surface area contributed by atoms with Gasteiger partial charge in [-0.2, -0.15) is 22.0 Å². The Balaban J connectivity index is 2.27. The van der Waals surface area contributed by atoms with Crippen molar-refractivity contribution in [2.24, 2.45) is 0 Å². The number of hydrogen-bond donors (Lipinski definition) is 1. The Hall–Kier alpha value is -2.18. The van der Waals surface area contributed by atoms with Gasteiger partial charge in [0.1, 0.15) is 11.6 Å². The molecule has 0 heterocycles. The molecule has 0 bridgehead atoms. The Morgan fingerprint density at radius 2 is 1.40 bits per heavy atom. The lowest BCUT2D eigenvalue weighted by atomic mass is 9.77. The van der Waals surface area contributed by atoms with Crippen molar-refractivity contribution in [1.29, 1.82) is 0 Å². The summed E-state index contributed by atoms with van der Waals surface area (Å²) in [5.41, 5.74) is -1.47. The van der Waals surface area contributed by atoms with E-state index in [2.05, 4.69) is 10.1 Å². The van der Waals surface area contributed by atoms with E-state index >= 15 is 0 Å². The molecule has 0 radical (unpaired) electrons. The van der Waals surface area contributed by atoms with Crippen molar-refractivity contribution in [1.82, 2.24) is 5.32 Å². The molecule has 10 heteroatoms. The molecule has 0 saturated carbocycles. The zero-order valence-electron chi connectivity index (χ0n) is 18.4. The summed E-state index contributed by atoms with van der Waals surface area (Å²) in [5, 5.41) is 2.82. The first-order chi connectivity index (χ1) is 16.3. The second-order valence-corrected chi connectivity index (χ2v) is 9.30. The minimum atomic E-state index is -4.73. The zero-order chi connectivity index (χ0) is 25.9. The Labute approximate surface area is 211 Å². The van der Waals surface area contributed by atoms with Crippen molar-refractivity contribution >= 4 is 22.6 Å². The van der Waals surface area contributed by atoms with Crippen LogP contribution in [0.5, 0.6) is 0 Å². The molecule has 0 aliphatic carbocycles. The highest BCUT2D eigenvalue weighted by molar-refractivity contribution is 14.1. The molecule has 2 nitrogen and oxygen atoms in total. The number of methoxy groups -OCH3 is 1. The SMILES string of the molecule is CO[C@H](CNC(Cc1ccccc1)(c1ccc(F)cc1)c1cc(F)cc(C(F)(F)I)c1)C(F)(F)F. The predicted octanol–water partition coefficient (Wildman–Crippen LogP) is 7.10. The van der Waals surface area contributed by atoms with Crippen molar-refractivity contribution < 1.29 is 35.5 Å². The van der Waals surface area contributed by atoms with Crippen LogP contribution in [0.1, 0.15) is 22.3 Å². The summed E-state index contributed by atoms with van der Waals surface area (Å²) in [6, 6.07) is 16.1. The van der Waals surface area contributed by atoms with Crippen LogP contribution in [-0.2, 0) is 20.6 Å². The van der Waals surface area contributed by atoms with E-state index in [4.69, 9.17) is 0 Å². The first-order valence-electron chi connectivity index (χ1n) is 10.4. The molecule has 0 fully saturated rings. The number of nitrogens with one attached hydrogen (secondary N) is 1. The number of halogens is 8. The third kappa shape index (κ3) is 6.73. The quantitative estimate of drug-likeness (QED) is 0.158. The second kappa shape index (κ2) is 10.8. The van der Waals surface area contributed by atoms with E-state index in [1.807, 2.05) is 0 Å². The van der Waals surface area contributed by atoms with Gasteiger partial charge in [0, 0.05) is 41.8 Å². The summed E-state index contributed by atoms with van der Waals surface area (Å²) in [6.45, 7) is -0.781. The van der Waals surface area contributed by atoms with Crippen LogP contribution in [0.15, 0.2) is 72.8 Å². The van der Waals surface area contributed by atoms with Gasteiger partial charge in [0.25, 0.3) is 0 Å². The Kier molecular flexibility index (Phi) is 8.48. The molecule has 3 rings (SSSR count). The minimum Gasteiger partial charge on any atom is -0.371 e. The normalized spacial score (nSPS) is 15.0. The van der Waals surface area contributed by atoms with Crippen LogP contribution in [0.2, 0.25) is 0 Å². The van der Waals surface area contributed by atoms with Gasteiger partial charge in [0.2, 0.25) is 0 Å². The largest absolute Gasteiger partial charge is 0.415 e. The summed E-state index contributed by atoms with van der Waals surface area (Å²) in [4.78, 5) is 0. The summed E-state index contributed by atoms with van der Waals surface area (Å²) in [7, 11) is 0.896. The minimum absolute atomic E-state index is 0.0451. The van der Waals surface area contributed by atoms with Crippen LogP contribution in [0.4, 0.5) is 30.7 Å². The fraction of sp³-hybridized carbons (Fsp3) is 0.280. The molecule has 0 saturated heterocycles. The van der Waals surface area contributed by atoms with Crippen LogP contribution in [-0.4, -0.2) is 25.9 Å². The molecular formula is C25H21F7INO. The monoisotopic (exact) mass is 611 g/mol. The van der Waals surface area contributed by atoms with E-state index in [-0.39, 0.29) is 17.5 Å². The van der Waals surface area contributed by atoms with Gasteiger partial charge >= 0.3 is 10.1 Å². The Bertz CT molecular complexity index is 1120. The molecule has 3 aromatic rings. The van der Waals surface area contributed by atoms with E-state index in [1.165, 1.54) is 12.1 Å². The molecule has 0 aliphatic heterocycles. The molecule has 0 aliphatic rings. The average molecular weight is 611 g/mol. The first-order valence-corrected chi connectivity index (χ1v) is 11.5. The molecule has 0 spiro atoms. The summed E-state index contributed by atoms with van der Waals surface area (Å²) in [5.74, 6) is -1.60. The van der Waals surface area contributed by atoms with Crippen LogP contribution >= 0.6 is 22.6 Å². The average Bonchev–Trinajstić information content (AvgIpc) is 2.78. The lowest BCUT2D eigenvalue weighted by Crippen LogP contribution is -2.51. The van der Waals surface area contributed by atoms with E-state index in [1.54, 1.807) is 30.3 Å². The van der Waals surface area contributed by atoms with Gasteiger partial charge in [-0.15, -0.1) is 0 Å². The van der Waals surface area contributed by atoms with Crippen molar-refractivity contribution in [2.75, 3.05) is 13.7 Å². The maximum absolute atomic E-state index is 14.6. The number of rotatable bonds is 9. The third-order valence-corrected chi connectivity index (χ3v) is 6.23. The van der Waals surface area contributed by atoms with E-state index in [0.29, 0.717) is 11.6 Å². The highest BCUT2D eigenvalue weighted by Crippen LogP contribution is 2.40. The number of alkyl halides is 6. The first kappa shape index (κ1) is 27.4. The van der Waals surface area contributed by atoms with Crippen LogP contribution < -0.4 is 5.32 Å². The van der Waals surface area contributed by atoms with Gasteiger partial charge in [-0.25, -0.2) is 8.78 Å².